The highest BCUT2D eigenvalue weighted by Gasteiger charge is 2.39. The molecular weight excluding hydrogens is 725 g/mol. The molecule has 5 atom stereocenters. The Hall–Kier alpha value is -5.66. The Morgan fingerprint density at radius 1 is 0.842 bits per heavy atom. The maximum absolute atomic E-state index is 13.7. The highest BCUT2D eigenvalue weighted by Crippen LogP contribution is 2.39. The Labute approximate surface area is 333 Å². The molecule has 0 radical (unpaired) electrons. The van der Waals surface area contributed by atoms with Gasteiger partial charge in [-0.25, -0.2) is 19.6 Å². The lowest BCUT2D eigenvalue weighted by molar-refractivity contribution is -0.135. The zero-order chi connectivity index (χ0) is 40.4. The van der Waals surface area contributed by atoms with Crippen LogP contribution in [0.4, 0.5) is 9.59 Å². The number of carbonyl (C=O) groups excluding carboxylic acids is 3. The summed E-state index contributed by atoms with van der Waals surface area (Å²) in [4.78, 5) is 68.9. The van der Waals surface area contributed by atoms with Gasteiger partial charge in [-0.1, -0.05) is 76.6 Å². The highest BCUT2D eigenvalue weighted by molar-refractivity contribution is 5.87. The van der Waals surface area contributed by atoms with Crippen LogP contribution in [0.2, 0.25) is 0 Å². The number of alkyl carbamates (subject to hydrolysis) is 1. The van der Waals surface area contributed by atoms with Crippen molar-refractivity contribution in [3.05, 3.63) is 71.6 Å². The number of nitrogens with one attached hydrogen (secondary N) is 5. The van der Waals surface area contributed by atoms with Crippen LogP contribution in [0.1, 0.15) is 101 Å². The summed E-state index contributed by atoms with van der Waals surface area (Å²) in [6, 6.07) is 13.2. The molecule has 3 heterocycles. The fourth-order valence-electron chi connectivity index (χ4n) is 8.77. The monoisotopic (exact) mass is 778 g/mol. The lowest BCUT2D eigenvalue weighted by atomic mass is 9.95. The molecule has 2 aliphatic carbocycles. The summed E-state index contributed by atoms with van der Waals surface area (Å²) < 4.78 is 4.80. The zero-order valence-electron chi connectivity index (χ0n) is 33.4. The van der Waals surface area contributed by atoms with E-state index >= 15 is 0 Å². The van der Waals surface area contributed by atoms with Gasteiger partial charge in [0, 0.05) is 24.1 Å². The first kappa shape index (κ1) is 39.6. The summed E-state index contributed by atoms with van der Waals surface area (Å²) in [6.07, 6.45) is 7.03. The summed E-state index contributed by atoms with van der Waals surface area (Å²) >= 11 is 0. The summed E-state index contributed by atoms with van der Waals surface area (Å²) in [5.74, 6) is 0.911. The van der Waals surface area contributed by atoms with Crippen molar-refractivity contribution in [3.63, 3.8) is 0 Å². The Balaban J connectivity index is 1.05. The predicted octanol–water partition coefficient (Wildman–Crippen LogP) is 6.71. The summed E-state index contributed by atoms with van der Waals surface area (Å²) in [7, 11) is 1.30. The molecule has 4 aromatic rings. The molecule has 2 fully saturated rings. The minimum atomic E-state index is -1.21. The molecule has 0 unspecified atom stereocenters. The molecule has 4 amide bonds. The van der Waals surface area contributed by atoms with Crippen LogP contribution in [-0.4, -0.2) is 85.7 Å². The molecule has 6 N–H and O–H groups in total. The van der Waals surface area contributed by atoms with Gasteiger partial charge < -0.3 is 40.7 Å². The number of amides is 4. The minimum absolute atomic E-state index is 0.0119. The van der Waals surface area contributed by atoms with Crippen molar-refractivity contribution >= 4 is 24.0 Å². The second kappa shape index (κ2) is 16.8. The maximum atomic E-state index is 13.7. The van der Waals surface area contributed by atoms with E-state index < -0.39 is 24.3 Å². The number of nitrogens with zero attached hydrogens (tertiary/aromatic N) is 3. The van der Waals surface area contributed by atoms with Gasteiger partial charge in [0.15, 0.2) is 0 Å². The number of methoxy groups -OCH3 is 1. The van der Waals surface area contributed by atoms with Crippen molar-refractivity contribution in [2.75, 3.05) is 13.7 Å². The van der Waals surface area contributed by atoms with Crippen LogP contribution in [-0.2, 0) is 27.2 Å². The molecule has 302 valence electrons. The molecule has 1 saturated heterocycles. The van der Waals surface area contributed by atoms with Gasteiger partial charge in [-0.2, -0.15) is 0 Å². The van der Waals surface area contributed by atoms with Crippen LogP contribution >= 0.6 is 0 Å². The molecule has 2 aromatic heterocycles. The molecule has 0 spiro atoms. The Kier molecular flexibility index (Phi) is 11.7. The first-order chi connectivity index (χ1) is 27.4. The lowest BCUT2D eigenvalue weighted by Crippen LogP contribution is -2.52. The number of benzene rings is 2. The van der Waals surface area contributed by atoms with E-state index in [4.69, 9.17) is 14.7 Å². The van der Waals surface area contributed by atoms with Gasteiger partial charge in [-0.3, -0.25) is 9.59 Å². The quantitative estimate of drug-likeness (QED) is 0.0967. The van der Waals surface area contributed by atoms with Crippen LogP contribution in [0.5, 0.6) is 0 Å². The number of hydrogen-bond donors (Lipinski definition) is 6. The normalized spacial score (nSPS) is 20.1. The summed E-state index contributed by atoms with van der Waals surface area (Å²) in [6.45, 7) is 8.09. The number of imidazole rings is 2. The van der Waals surface area contributed by atoms with Crippen molar-refractivity contribution in [1.82, 2.24) is 40.8 Å². The molecule has 1 saturated carbocycles. The number of fused-ring (bicyclic) bond motifs is 3. The number of aromatic amines is 2. The molecule has 3 aliphatic rings. The zero-order valence-corrected chi connectivity index (χ0v) is 33.4. The number of carboxylic acid groups (broad SMARTS) is 1. The Bertz CT molecular complexity index is 2110. The molecular formula is C43H54N8O6. The molecule has 2 aromatic carbocycles. The standard InChI is InChI=1S/C43H54N8O6/c1-23(2)35(49-42(54)55)40(52)47-31-11-7-10-30(31)38-44-22-33(46-38)26-16-14-25(15-17-26)27-18-19-29-28(21-27)9-6-12-32-37(29)48-39(45-32)34-13-8-20-51(34)41(53)36(24(3)4)50-43(56)57-5/h14-19,21-24,30-31,34-36,49H,6-13,20H2,1-5H3,(H,44,46)(H,45,48)(H,47,52)(H,50,56)(H,54,55)/t30-,31-,34+,35+,36+/m1/s1. The molecule has 7 rings (SSSR count). The molecule has 1 aliphatic heterocycles. The van der Waals surface area contributed by atoms with E-state index in [1.807, 2.05) is 38.8 Å². The lowest BCUT2D eigenvalue weighted by Gasteiger charge is -2.30. The topological polar surface area (TPSA) is 194 Å². The third-order valence-corrected chi connectivity index (χ3v) is 11.8. The number of ether oxygens (including phenoxy) is 1. The smallest absolute Gasteiger partial charge is 0.407 e. The third kappa shape index (κ3) is 8.40. The van der Waals surface area contributed by atoms with E-state index in [0.29, 0.717) is 6.54 Å². The fourth-order valence-corrected chi connectivity index (χ4v) is 8.77. The molecule has 0 bridgehead atoms. The van der Waals surface area contributed by atoms with Crippen LogP contribution in [0, 0.1) is 11.8 Å². The van der Waals surface area contributed by atoms with Crippen molar-refractivity contribution < 1.29 is 29.0 Å². The maximum Gasteiger partial charge on any atom is 0.407 e. The van der Waals surface area contributed by atoms with Crippen molar-refractivity contribution in [2.24, 2.45) is 11.8 Å². The number of H-pyrrole nitrogens is 2. The van der Waals surface area contributed by atoms with Gasteiger partial charge in [0.1, 0.15) is 23.7 Å². The van der Waals surface area contributed by atoms with Crippen molar-refractivity contribution in [3.8, 4) is 33.6 Å². The molecule has 57 heavy (non-hydrogen) atoms. The fraction of sp³-hybridized carbons (Fsp3) is 0.488. The molecule has 14 heteroatoms. The van der Waals surface area contributed by atoms with Crippen LogP contribution in [0.3, 0.4) is 0 Å². The van der Waals surface area contributed by atoms with Crippen LogP contribution < -0.4 is 16.0 Å². The van der Waals surface area contributed by atoms with E-state index in [1.54, 1.807) is 0 Å². The van der Waals surface area contributed by atoms with Gasteiger partial charge >= 0.3 is 12.2 Å². The number of hydrogen-bond acceptors (Lipinski definition) is 7. The van der Waals surface area contributed by atoms with Gasteiger partial charge in [0.2, 0.25) is 11.8 Å². The third-order valence-electron chi connectivity index (χ3n) is 11.8. The van der Waals surface area contributed by atoms with Gasteiger partial charge in [0.05, 0.1) is 36.4 Å². The first-order valence-electron chi connectivity index (χ1n) is 20.2. The Morgan fingerprint density at radius 2 is 1.58 bits per heavy atom. The van der Waals surface area contributed by atoms with Crippen LogP contribution in [0.15, 0.2) is 48.7 Å². The second-order valence-electron chi connectivity index (χ2n) is 16.3. The van der Waals surface area contributed by atoms with E-state index in [0.717, 1.165) is 102 Å². The molecule has 14 nitrogen and oxygen atoms in total. The van der Waals surface area contributed by atoms with E-state index in [1.165, 1.54) is 12.7 Å². The Morgan fingerprint density at radius 3 is 2.30 bits per heavy atom. The van der Waals surface area contributed by atoms with E-state index in [-0.39, 0.29) is 41.7 Å². The number of rotatable bonds is 11. The van der Waals surface area contributed by atoms with Crippen molar-refractivity contribution in [2.45, 2.75) is 109 Å². The van der Waals surface area contributed by atoms with Crippen molar-refractivity contribution in [1.29, 1.82) is 0 Å². The van der Waals surface area contributed by atoms with Gasteiger partial charge in [-0.15, -0.1) is 0 Å². The highest BCUT2D eigenvalue weighted by atomic mass is 16.5. The number of aryl methyl sites for hydroxylation is 2. The first-order valence-corrected chi connectivity index (χ1v) is 20.2. The summed E-state index contributed by atoms with van der Waals surface area (Å²) in [5, 5.41) is 17.4. The van der Waals surface area contributed by atoms with E-state index in [2.05, 4.69) is 68.4 Å². The number of aromatic nitrogens is 4. The van der Waals surface area contributed by atoms with Gasteiger partial charge in [0.25, 0.3) is 0 Å². The van der Waals surface area contributed by atoms with Crippen LogP contribution in [0.25, 0.3) is 33.6 Å². The second-order valence-corrected chi connectivity index (χ2v) is 16.3. The summed E-state index contributed by atoms with van der Waals surface area (Å²) in [5.41, 5.74) is 8.55. The minimum Gasteiger partial charge on any atom is -0.465 e. The average Bonchev–Trinajstić information content (AvgIpc) is 4.02. The number of likely N-dealkylation sites (tertiary alicyclic amines) is 1. The number of carbonyl (C=O) groups is 4. The van der Waals surface area contributed by atoms with E-state index in [9.17, 15) is 24.3 Å². The predicted molar refractivity (Wildman–Crippen MR) is 215 cm³/mol. The SMILES string of the molecule is COC(=O)N[C@H](C(=O)N1CCC[C@H]1c1nc2c([nH]1)-c1ccc(-c3ccc(-c4cnc([C@@H]5CCC[C@H]5NC(=O)[C@@H](NC(=O)O)C(C)C)[nH]4)cc3)cc1CCC2)C(C)C. The average molecular weight is 779 g/mol. The largest absolute Gasteiger partial charge is 0.465 e. The van der Waals surface area contributed by atoms with Gasteiger partial charge in [-0.05, 0) is 79.0 Å².